The Morgan fingerprint density at radius 2 is 1.80 bits per heavy atom. The van der Waals surface area contributed by atoms with Gasteiger partial charge in [0, 0.05) is 11.1 Å². The third kappa shape index (κ3) is 5.71. The van der Waals surface area contributed by atoms with Crippen LogP contribution in [-0.2, 0) is 4.79 Å². The molecule has 0 saturated carbocycles. The van der Waals surface area contributed by atoms with Gasteiger partial charge in [-0.3, -0.25) is 0 Å². The molecule has 0 heterocycles. The number of nitriles is 1. The lowest BCUT2D eigenvalue weighted by Gasteiger charge is -2.10. The molecule has 1 N–H and O–H groups in total. The molecule has 0 fully saturated rings. The van der Waals surface area contributed by atoms with E-state index < -0.39 is 5.97 Å². The molecule has 0 aliphatic carbocycles. The van der Waals surface area contributed by atoms with Crippen molar-refractivity contribution in [2.24, 2.45) is 0 Å². The molecule has 0 bridgehead atoms. The number of carboxylic acids is 1. The second-order valence-electron chi connectivity index (χ2n) is 4.82. The first kappa shape index (κ1) is 18.7. The molecule has 0 atom stereocenters. The minimum atomic E-state index is -1.26. The predicted molar refractivity (Wildman–Crippen MR) is 95.1 cm³/mol. The summed E-state index contributed by atoms with van der Waals surface area (Å²) in [6.45, 7) is 0.565. The van der Waals surface area contributed by atoms with E-state index in [9.17, 15) is 4.79 Å². The monoisotopic (exact) mass is 377 g/mol. The highest BCUT2D eigenvalue weighted by Crippen LogP contribution is 2.27. The lowest BCUT2D eigenvalue weighted by molar-refractivity contribution is -0.132. The van der Waals surface area contributed by atoms with Gasteiger partial charge in [-0.1, -0.05) is 35.3 Å². The standard InChI is InChI=1S/C18H13Cl2NO4/c19-14-3-6-16(20)17(10-14)25-8-7-24-15-4-1-12(2-5-15)9-13(11-21)18(22)23/h1-6,9-10H,7-8H2,(H,22,23). The molecule has 5 nitrogen and oxygen atoms in total. The Balaban J connectivity index is 1.87. The fourth-order valence-electron chi connectivity index (χ4n) is 1.87. The molecule has 0 amide bonds. The van der Waals surface area contributed by atoms with Gasteiger partial charge in [0.25, 0.3) is 0 Å². The van der Waals surface area contributed by atoms with Crippen LogP contribution in [0.25, 0.3) is 6.08 Å². The van der Waals surface area contributed by atoms with E-state index in [1.54, 1.807) is 48.5 Å². The van der Waals surface area contributed by atoms with E-state index in [2.05, 4.69) is 0 Å². The number of rotatable bonds is 7. The van der Waals surface area contributed by atoms with E-state index in [0.29, 0.717) is 27.1 Å². The average Bonchev–Trinajstić information content (AvgIpc) is 2.60. The maximum Gasteiger partial charge on any atom is 0.346 e. The van der Waals surface area contributed by atoms with E-state index in [1.165, 1.54) is 6.08 Å². The summed E-state index contributed by atoms with van der Waals surface area (Å²) in [4.78, 5) is 10.8. The number of carboxylic acid groups (broad SMARTS) is 1. The summed E-state index contributed by atoms with van der Waals surface area (Å²) in [6, 6.07) is 13.2. The summed E-state index contributed by atoms with van der Waals surface area (Å²) >= 11 is 11.9. The minimum absolute atomic E-state index is 0.277. The number of hydrogen-bond donors (Lipinski definition) is 1. The fourth-order valence-corrected chi connectivity index (χ4v) is 2.20. The van der Waals surface area contributed by atoms with Crippen molar-refractivity contribution in [3.8, 4) is 17.6 Å². The van der Waals surface area contributed by atoms with Crippen LogP contribution in [0, 0.1) is 11.3 Å². The number of benzene rings is 2. The lowest BCUT2D eigenvalue weighted by atomic mass is 10.1. The molecule has 2 rings (SSSR count). The number of nitrogens with zero attached hydrogens (tertiary/aromatic N) is 1. The minimum Gasteiger partial charge on any atom is -0.490 e. The van der Waals surface area contributed by atoms with Gasteiger partial charge in [-0.25, -0.2) is 4.79 Å². The van der Waals surface area contributed by atoms with Crippen molar-refractivity contribution in [1.29, 1.82) is 5.26 Å². The van der Waals surface area contributed by atoms with Crippen molar-refractivity contribution >= 4 is 35.2 Å². The van der Waals surface area contributed by atoms with Gasteiger partial charge in [-0.05, 0) is 35.9 Å². The number of ether oxygens (including phenoxy) is 2. The zero-order chi connectivity index (χ0) is 18.2. The molecular weight excluding hydrogens is 365 g/mol. The molecule has 2 aromatic rings. The normalized spacial score (nSPS) is 10.8. The van der Waals surface area contributed by atoms with E-state index in [4.69, 9.17) is 43.0 Å². The molecule has 0 saturated heterocycles. The third-order valence-corrected chi connectivity index (χ3v) is 3.59. The molecule has 25 heavy (non-hydrogen) atoms. The van der Waals surface area contributed by atoms with Crippen LogP contribution in [0.3, 0.4) is 0 Å². The van der Waals surface area contributed by atoms with Crippen molar-refractivity contribution in [2.75, 3.05) is 13.2 Å². The van der Waals surface area contributed by atoms with Gasteiger partial charge in [0.15, 0.2) is 0 Å². The van der Waals surface area contributed by atoms with Crippen LogP contribution >= 0.6 is 23.2 Å². The largest absolute Gasteiger partial charge is 0.490 e. The summed E-state index contributed by atoms with van der Waals surface area (Å²) in [6.07, 6.45) is 1.29. The van der Waals surface area contributed by atoms with Crippen LogP contribution < -0.4 is 9.47 Å². The van der Waals surface area contributed by atoms with Gasteiger partial charge in [-0.2, -0.15) is 5.26 Å². The smallest absolute Gasteiger partial charge is 0.346 e. The van der Waals surface area contributed by atoms with Gasteiger partial charge in [-0.15, -0.1) is 0 Å². The van der Waals surface area contributed by atoms with Gasteiger partial charge < -0.3 is 14.6 Å². The van der Waals surface area contributed by atoms with E-state index in [0.717, 1.165) is 0 Å². The number of aliphatic carboxylic acids is 1. The first-order valence-corrected chi connectivity index (χ1v) is 7.91. The van der Waals surface area contributed by atoms with Crippen molar-refractivity contribution in [1.82, 2.24) is 0 Å². The number of hydrogen-bond acceptors (Lipinski definition) is 4. The van der Waals surface area contributed by atoms with Crippen LogP contribution in [0.2, 0.25) is 10.0 Å². The number of carbonyl (C=O) groups is 1. The summed E-state index contributed by atoms with van der Waals surface area (Å²) in [5.74, 6) is -0.192. The Bertz CT molecular complexity index is 826. The van der Waals surface area contributed by atoms with Gasteiger partial charge in [0.1, 0.15) is 36.4 Å². The molecule has 0 radical (unpaired) electrons. The van der Waals surface area contributed by atoms with E-state index in [-0.39, 0.29) is 18.8 Å². The zero-order valence-electron chi connectivity index (χ0n) is 12.9. The summed E-state index contributed by atoms with van der Waals surface area (Å²) in [7, 11) is 0. The highest BCUT2D eigenvalue weighted by atomic mass is 35.5. The Hall–Kier alpha value is -2.68. The molecule has 0 unspecified atom stereocenters. The van der Waals surface area contributed by atoms with Crippen LogP contribution in [0.15, 0.2) is 48.0 Å². The first-order valence-electron chi connectivity index (χ1n) is 7.15. The highest BCUT2D eigenvalue weighted by Gasteiger charge is 2.06. The molecule has 0 aromatic heterocycles. The third-order valence-electron chi connectivity index (χ3n) is 3.04. The highest BCUT2D eigenvalue weighted by molar-refractivity contribution is 6.34. The quantitative estimate of drug-likeness (QED) is 0.438. The van der Waals surface area contributed by atoms with Crippen LogP contribution in [0.4, 0.5) is 0 Å². The van der Waals surface area contributed by atoms with E-state index in [1.807, 2.05) is 0 Å². The van der Waals surface area contributed by atoms with Crippen molar-refractivity contribution < 1.29 is 19.4 Å². The topological polar surface area (TPSA) is 79.5 Å². The first-order chi connectivity index (χ1) is 12.0. The maximum atomic E-state index is 10.8. The van der Waals surface area contributed by atoms with Crippen molar-refractivity contribution in [3.63, 3.8) is 0 Å². The van der Waals surface area contributed by atoms with Crippen LogP contribution in [0.5, 0.6) is 11.5 Å². The van der Waals surface area contributed by atoms with Crippen LogP contribution in [0.1, 0.15) is 5.56 Å². The fraction of sp³-hybridized carbons (Fsp3) is 0.111. The second kappa shape index (κ2) is 8.97. The second-order valence-corrected chi connectivity index (χ2v) is 5.66. The number of halogens is 2. The van der Waals surface area contributed by atoms with Gasteiger partial charge in [0.05, 0.1) is 5.02 Å². The van der Waals surface area contributed by atoms with E-state index >= 15 is 0 Å². The summed E-state index contributed by atoms with van der Waals surface area (Å²) < 4.78 is 11.0. The molecule has 128 valence electrons. The van der Waals surface area contributed by atoms with Crippen molar-refractivity contribution in [3.05, 3.63) is 63.6 Å². The molecule has 7 heteroatoms. The Labute approximate surface area is 154 Å². The average molecular weight is 378 g/mol. The summed E-state index contributed by atoms with van der Waals surface area (Å²) in [5, 5.41) is 18.5. The van der Waals surface area contributed by atoms with Gasteiger partial charge in [0.2, 0.25) is 0 Å². The van der Waals surface area contributed by atoms with Crippen molar-refractivity contribution in [2.45, 2.75) is 0 Å². The molecule has 2 aromatic carbocycles. The van der Waals surface area contributed by atoms with Crippen LogP contribution in [-0.4, -0.2) is 24.3 Å². The Kier molecular flexibility index (Phi) is 6.70. The maximum absolute atomic E-state index is 10.8. The molecule has 0 spiro atoms. The Morgan fingerprint density at radius 1 is 1.12 bits per heavy atom. The zero-order valence-corrected chi connectivity index (χ0v) is 14.4. The molecular formula is C18H13Cl2NO4. The molecule has 0 aliphatic heterocycles. The van der Waals surface area contributed by atoms with Gasteiger partial charge >= 0.3 is 5.97 Å². The molecule has 0 aliphatic rings. The SMILES string of the molecule is N#CC(=Cc1ccc(OCCOc2cc(Cl)ccc2Cl)cc1)C(=O)O. The summed E-state index contributed by atoms with van der Waals surface area (Å²) in [5.41, 5.74) is 0.258. The Morgan fingerprint density at radius 3 is 2.44 bits per heavy atom. The predicted octanol–water partition coefficient (Wildman–Crippen LogP) is 4.44. The lowest BCUT2D eigenvalue weighted by Crippen LogP contribution is -2.09.